The molecule has 19 heavy (non-hydrogen) atoms. The number of anilines is 1. The maximum absolute atomic E-state index is 12.1. The second-order valence-electron chi connectivity index (χ2n) is 4.97. The number of hydrogen-bond donors (Lipinski definition) is 1. The highest BCUT2D eigenvalue weighted by Gasteiger charge is 2.24. The van der Waals surface area contributed by atoms with Crippen molar-refractivity contribution in [2.24, 2.45) is 0 Å². The zero-order valence-electron chi connectivity index (χ0n) is 11.0. The molecule has 2 aromatic heterocycles. The Labute approximate surface area is 115 Å². The summed E-state index contributed by atoms with van der Waals surface area (Å²) in [6, 6.07) is 3.61. The normalized spacial score (nSPS) is 11.3. The van der Waals surface area contributed by atoms with Crippen LogP contribution in [0.2, 0.25) is 0 Å². The molecule has 5 nitrogen and oxygen atoms in total. The quantitative estimate of drug-likeness (QED) is 0.854. The predicted molar refractivity (Wildman–Crippen MR) is 74.9 cm³/mol. The van der Waals surface area contributed by atoms with Crippen molar-refractivity contribution in [3.8, 4) is 10.4 Å². The van der Waals surface area contributed by atoms with E-state index in [0.717, 1.165) is 5.56 Å². The van der Waals surface area contributed by atoms with Gasteiger partial charge in [-0.05, 0) is 38.5 Å². The molecule has 0 amide bonds. The van der Waals surface area contributed by atoms with Crippen LogP contribution in [0.1, 0.15) is 31.3 Å². The van der Waals surface area contributed by atoms with Gasteiger partial charge >= 0.3 is 5.97 Å². The summed E-state index contributed by atoms with van der Waals surface area (Å²) >= 11 is 1.26. The third-order valence-electron chi connectivity index (χ3n) is 2.18. The van der Waals surface area contributed by atoms with Crippen molar-refractivity contribution in [1.29, 1.82) is 0 Å². The minimum atomic E-state index is -0.565. The van der Waals surface area contributed by atoms with E-state index in [4.69, 9.17) is 10.5 Å². The SMILES string of the molecule is CC(C)(C)OC(=O)c1nc(N)sc1-c1ccncc1. The van der Waals surface area contributed by atoms with Crippen molar-refractivity contribution >= 4 is 22.4 Å². The molecule has 2 heterocycles. The molecule has 0 saturated carbocycles. The van der Waals surface area contributed by atoms with Crippen LogP contribution in [0.5, 0.6) is 0 Å². The fourth-order valence-corrected chi connectivity index (χ4v) is 2.33. The number of aromatic nitrogens is 2. The number of nitrogen functional groups attached to an aromatic ring is 1. The van der Waals surface area contributed by atoms with E-state index in [1.165, 1.54) is 11.3 Å². The summed E-state index contributed by atoms with van der Waals surface area (Å²) in [6.07, 6.45) is 3.31. The molecule has 0 aliphatic rings. The van der Waals surface area contributed by atoms with Crippen LogP contribution in [0.3, 0.4) is 0 Å². The molecule has 0 atom stereocenters. The van der Waals surface area contributed by atoms with Crippen molar-refractivity contribution in [1.82, 2.24) is 9.97 Å². The molecule has 0 fully saturated rings. The summed E-state index contributed by atoms with van der Waals surface area (Å²) in [7, 11) is 0. The van der Waals surface area contributed by atoms with E-state index in [1.54, 1.807) is 24.5 Å². The van der Waals surface area contributed by atoms with E-state index in [9.17, 15) is 4.79 Å². The van der Waals surface area contributed by atoms with Gasteiger partial charge in [-0.15, -0.1) is 0 Å². The Kier molecular flexibility index (Phi) is 3.53. The molecule has 0 radical (unpaired) electrons. The first kappa shape index (κ1) is 13.5. The Morgan fingerprint density at radius 1 is 1.32 bits per heavy atom. The molecule has 0 bridgehead atoms. The van der Waals surface area contributed by atoms with E-state index < -0.39 is 11.6 Å². The molecule has 2 N–H and O–H groups in total. The van der Waals surface area contributed by atoms with Crippen molar-refractivity contribution in [3.05, 3.63) is 30.2 Å². The topological polar surface area (TPSA) is 78.1 Å². The fraction of sp³-hybridized carbons (Fsp3) is 0.308. The molecule has 0 aliphatic carbocycles. The van der Waals surface area contributed by atoms with Gasteiger partial charge in [-0.3, -0.25) is 4.98 Å². The highest BCUT2D eigenvalue weighted by atomic mass is 32.1. The molecule has 100 valence electrons. The van der Waals surface area contributed by atoms with Crippen LogP contribution in [-0.4, -0.2) is 21.5 Å². The van der Waals surface area contributed by atoms with Crippen molar-refractivity contribution in [2.45, 2.75) is 26.4 Å². The highest BCUT2D eigenvalue weighted by molar-refractivity contribution is 7.19. The van der Waals surface area contributed by atoms with E-state index >= 15 is 0 Å². The number of thiazole rings is 1. The summed E-state index contributed by atoms with van der Waals surface area (Å²) in [4.78, 5) is 20.8. The highest BCUT2D eigenvalue weighted by Crippen LogP contribution is 2.32. The number of carbonyl (C=O) groups excluding carboxylic acids is 1. The van der Waals surface area contributed by atoms with Crippen LogP contribution in [-0.2, 0) is 4.74 Å². The van der Waals surface area contributed by atoms with Crippen LogP contribution in [0, 0.1) is 0 Å². The molecule has 0 spiro atoms. The van der Waals surface area contributed by atoms with Gasteiger partial charge in [0.15, 0.2) is 10.8 Å². The Balaban J connectivity index is 2.40. The van der Waals surface area contributed by atoms with Gasteiger partial charge in [-0.25, -0.2) is 9.78 Å². The van der Waals surface area contributed by atoms with Crippen molar-refractivity contribution in [2.75, 3.05) is 5.73 Å². The average molecular weight is 277 g/mol. The lowest BCUT2D eigenvalue weighted by molar-refractivity contribution is 0.00647. The molecule has 0 saturated heterocycles. The van der Waals surface area contributed by atoms with Gasteiger partial charge in [0.25, 0.3) is 0 Å². The smallest absolute Gasteiger partial charge is 0.359 e. The number of ether oxygens (including phenoxy) is 1. The number of carbonyl (C=O) groups is 1. The first-order valence-corrected chi connectivity index (χ1v) is 6.58. The number of nitrogens with two attached hydrogens (primary N) is 1. The molecule has 0 aromatic carbocycles. The maximum Gasteiger partial charge on any atom is 0.359 e. The number of pyridine rings is 1. The third kappa shape index (κ3) is 3.29. The summed E-state index contributed by atoms with van der Waals surface area (Å²) < 4.78 is 5.33. The van der Waals surface area contributed by atoms with Gasteiger partial charge in [0.1, 0.15) is 5.60 Å². The third-order valence-corrected chi connectivity index (χ3v) is 3.11. The molecular weight excluding hydrogens is 262 g/mol. The fourth-order valence-electron chi connectivity index (χ4n) is 1.50. The summed E-state index contributed by atoms with van der Waals surface area (Å²) in [5.74, 6) is -0.465. The first-order chi connectivity index (χ1) is 8.87. The Bertz CT molecular complexity index is 588. The summed E-state index contributed by atoms with van der Waals surface area (Å²) in [5.41, 5.74) is 6.24. The molecule has 6 heteroatoms. The monoisotopic (exact) mass is 277 g/mol. The standard InChI is InChI=1S/C13H15N3O2S/c1-13(2,3)18-11(17)9-10(19-12(14)16-9)8-4-6-15-7-5-8/h4-7H,1-3H3,(H2,14,16). The first-order valence-electron chi connectivity index (χ1n) is 5.77. The minimum absolute atomic E-state index is 0.253. The lowest BCUT2D eigenvalue weighted by atomic mass is 10.1. The summed E-state index contributed by atoms with van der Waals surface area (Å²) in [6.45, 7) is 5.44. The Morgan fingerprint density at radius 3 is 2.53 bits per heavy atom. The zero-order valence-corrected chi connectivity index (χ0v) is 11.8. The lowest BCUT2D eigenvalue weighted by Crippen LogP contribution is -2.24. The van der Waals surface area contributed by atoms with Gasteiger partial charge in [-0.1, -0.05) is 11.3 Å². The molecule has 0 unspecified atom stereocenters. The van der Waals surface area contributed by atoms with E-state index in [-0.39, 0.29) is 5.69 Å². The summed E-state index contributed by atoms with van der Waals surface area (Å²) in [5, 5.41) is 0.340. The number of nitrogens with zero attached hydrogens (tertiary/aromatic N) is 2. The average Bonchev–Trinajstić information content (AvgIpc) is 2.70. The van der Waals surface area contributed by atoms with E-state index in [1.807, 2.05) is 20.8 Å². The van der Waals surface area contributed by atoms with Gasteiger partial charge in [0.2, 0.25) is 0 Å². The van der Waals surface area contributed by atoms with Crippen LogP contribution in [0.25, 0.3) is 10.4 Å². The van der Waals surface area contributed by atoms with Crippen LogP contribution in [0.15, 0.2) is 24.5 Å². The van der Waals surface area contributed by atoms with Crippen molar-refractivity contribution in [3.63, 3.8) is 0 Å². The molecule has 2 rings (SSSR count). The van der Waals surface area contributed by atoms with Gasteiger partial charge in [0.05, 0.1) is 4.88 Å². The molecule has 2 aromatic rings. The van der Waals surface area contributed by atoms with Gasteiger partial charge in [-0.2, -0.15) is 0 Å². The zero-order chi connectivity index (χ0) is 14.0. The van der Waals surface area contributed by atoms with Crippen LogP contribution in [0.4, 0.5) is 5.13 Å². The van der Waals surface area contributed by atoms with Gasteiger partial charge in [0, 0.05) is 12.4 Å². The van der Waals surface area contributed by atoms with E-state index in [0.29, 0.717) is 10.0 Å². The number of hydrogen-bond acceptors (Lipinski definition) is 6. The van der Waals surface area contributed by atoms with Gasteiger partial charge < -0.3 is 10.5 Å². The van der Waals surface area contributed by atoms with Crippen LogP contribution < -0.4 is 5.73 Å². The largest absolute Gasteiger partial charge is 0.455 e. The maximum atomic E-state index is 12.1. The van der Waals surface area contributed by atoms with Crippen LogP contribution >= 0.6 is 11.3 Å². The number of esters is 1. The lowest BCUT2D eigenvalue weighted by Gasteiger charge is -2.19. The Hall–Kier alpha value is -1.95. The second kappa shape index (κ2) is 4.97. The second-order valence-corrected chi connectivity index (χ2v) is 6.00. The molecular formula is C13H15N3O2S. The minimum Gasteiger partial charge on any atom is -0.455 e. The number of rotatable bonds is 2. The molecule has 0 aliphatic heterocycles. The Morgan fingerprint density at radius 2 is 1.95 bits per heavy atom. The van der Waals surface area contributed by atoms with Crippen molar-refractivity contribution < 1.29 is 9.53 Å². The predicted octanol–water partition coefficient (Wildman–Crippen LogP) is 2.74. The van der Waals surface area contributed by atoms with E-state index in [2.05, 4.69) is 9.97 Å².